The normalized spacial score (nSPS) is 13.1. The summed E-state index contributed by atoms with van der Waals surface area (Å²) in [5.74, 6) is -0.915. The molecule has 5 heteroatoms. The first kappa shape index (κ1) is 23.7. The van der Waals surface area contributed by atoms with E-state index in [-0.39, 0.29) is 17.8 Å². The molecule has 0 bridgehead atoms. The number of aryl methyl sites for hydroxylation is 1. The van der Waals surface area contributed by atoms with Gasteiger partial charge in [0.2, 0.25) is 0 Å². The lowest BCUT2D eigenvalue weighted by molar-refractivity contribution is 0.0223. The van der Waals surface area contributed by atoms with Crippen LogP contribution in [0, 0.1) is 0 Å². The summed E-state index contributed by atoms with van der Waals surface area (Å²) in [4.78, 5) is 25.6. The van der Waals surface area contributed by atoms with Crippen molar-refractivity contribution in [3.63, 3.8) is 0 Å². The maximum Gasteiger partial charge on any atom is 0.339 e. The van der Waals surface area contributed by atoms with Crippen LogP contribution < -0.4 is 0 Å². The zero-order valence-electron chi connectivity index (χ0n) is 17.3. The van der Waals surface area contributed by atoms with Gasteiger partial charge in [0, 0.05) is 4.47 Å². The van der Waals surface area contributed by atoms with Crippen molar-refractivity contribution >= 4 is 27.9 Å². The first-order valence-corrected chi connectivity index (χ1v) is 10.9. The molecule has 0 spiro atoms. The van der Waals surface area contributed by atoms with Gasteiger partial charge in [-0.25, -0.2) is 9.59 Å². The van der Waals surface area contributed by atoms with Crippen LogP contribution in [0.25, 0.3) is 0 Å². The number of ether oxygens (including phenoxy) is 2. The number of hydrogen-bond acceptors (Lipinski definition) is 4. The van der Waals surface area contributed by atoms with Gasteiger partial charge in [-0.15, -0.1) is 0 Å². The molecular weight excluding hydrogens is 408 g/mol. The van der Waals surface area contributed by atoms with Crippen molar-refractivity contribution in [2.75, 3.05) is 0 Å². The van der Waals surface area contributed by atoms with Gasteiger partial charge in [0.15, 0.2) is 0 Å². The first-order valence-electron chi connectivity index (χ1n) is 10.2. The van der Waals surface area contributed by atoms with Crippen molar-refractivity contribution in [3.05, 3.63) is 33.3 Å². The van der Waals surface area contributed by atoms with Crippen LogP contribution in [-0.4, -0.2) is 24.1 Å². The molecule has 2 unspecified atom stereocenters. The average molecular weight is 441 g/mol. The lowest BCUT2D eigenvalue weighted by Gasteiger charge is -2.19. The third kappa shape index (κ3) is 6.95. The van der Waals surface area contributed by atoms with E-state index in [0.717, 1.165) is 55.0 Å². The Labute approximate surface area is 172 Å². The van der Waals surface area contributed by atoms with Crippen LogP contribution in [0.15, 0.2) is 16.6 Å². The van der Waals surface area contributed by atoms with Crippen LogP contribution in [-0.2, 0) is 15.9 Å². The van der Waals surface area contributed by atoms with Gasteiger partial charge >= 0.3 is 11.9 Å². The van der Waals surface area contributed by atoms with Gasteiger partial charge in [-0.2, -0.15) is 0 Å². The minimum absolute atomic E-state index is 0.136. The zero-order valence-corrected chi connectivity index (χ0v) is 18.9. The zero-order chi connectivity index (χ0) is 20.4. The fourth-order valence-electron chi connectivity index (χ4n) is 2.99. The predicted molar refractivity (Wildman–Crippen MR) is 112 cm³/mol. The van der Waals surface area contributed by atoms with Gasteiger partial charge < -0.3 is 9.47 Å². The van der Waals surface area contributed by atoms with Gasteiger partial charge in [0.05, 0.1) is 11.1 Å². The number of halogens is 1. The Hall–Kier alpha value is -1.36. The van der Waals surface area contributed by atoms with E-state index in [9.17, 15) is 9.59 Å². The van der Waals surface area contributed by atoms with Crippen LogP contribution in [0.1, 0.15) is 99.4 Å². The number of rotatable bonds is 11. The molecule has 1 rings (SSSR count). The molecule has 0 fully saturated rings. The van der Waals surface area contributed by atoms with Crippen molar-refractivity contribution in [1.29, 1.82) is 0 Å². The van der Waals surface area contributed by atoms with E-state index in [1.54, 1.807) is 12.1 Å². The third-order valence-electron chi connectivity index (χ3n) is 4.69. The molecule has 0 heterocycles. The van der Waals surface area contributed by atoms with Gasteiger partial charge in [-0.3, -0.25) is 0 Å². The molecule has 0 saturated heterocycles. The summed E-state index contributed by atoms with van der Waals surface area (Å²) in [6.07, 6.45) is 5.48. The van der Waals surface area contributed by atoms with Crippen LogP contribution in [0.4, 0.5) is 0 Å². The van der Waals surface area contributed by atoms with Gasteiger partial charge in [-0.05, 0) is 49.8 Å². The number of carbonyl (C=O) groups is 2. The highest BCUT2D eigenvalue weighted by Gasteiger charge is 2.25. The van der Waals surface area contributed by atoms with Crippen molar-refractivity contribution in [1.82, 2.24) is 0 Å². The van der Waals surface area contributed by atoms with Gasteiger partial charge in [-0.1, -0.05) is 63.4 Å². The molecule has 4 nitrogen and oxygen atoms in total. The van der Waals surface area contributed by atoms with E-state index < -0.39 is 11.9 Å². The molecule has 0 amide bonds. The Kier molecular flexibility index (Phi) is 10.7. The van der Waals surface area contributed by atoms with Crippen LogP contribution in [0.3, 0.4) is 0 Å². The predicted octanol–water partition coefficient (Wildman–Crippen LogP) is 6.48. The Bertz CT molecular complexity index is 627. The Morgan fingerprint density at radius 1 is 0.852 bits per heavy atom. The second kappa shape index (κ2) is 12.2. The lowest BCUT2D eigenvalue weighted by Crippen LogP contribution is -2.23. The molecule has 1 aromatic carbocycles. The minimum Gasteiger partial charge on any atom is -0.459 e. The van der Waals surface area contributed by atoms with E-state index in [4.69, 9.17) is 9.47 Å². The monoisotopic (exact) mass is 440 g/mol. The molecule has 0 N–H and O–H groups in total. The molecule has 0 aromatic heterocycles. The molecule has 2 atom stereocenters. The Morgan fingerprint density at radius 3 is 1.67 bits per heavy atom. The summed E-state index contributed by atoms with van der Waals surface area (Å²) in [7, 11) is 0. The van der Waals surface area contributed by atoms with E-state index in [1.807, 2.05) is 20.8 Å². The number of carbonyl (C=O) groups excluding carboxylic acids is 2. The first-order chi connectivity index (χ1) is 12.9. The molecule has 152 valence electrons. The molecule has 0 radical (unpaired) electrons. The largest absolute Gasteiger partial charge is 0.459 e. The molecular formula is C22H33BrO4. The summed E-state index contributed by atoms with van der Waals surface area (Å²) in [6, 6.07) is 3.44. The molecule has 0 saturated carbocycles. The van der Waals surface area contributed by atoms with Crippen molar-refractivity contribution in [2.24, 2.45) is 0 Å². The van der Waals surface area contributed by atoms with Crippen LogP contribution in [0.5, 0.6) is 0 Å². The van der Waals surface area contributed by atoms with Crippen LogP contribution in [0.2, 0.25) is 0 Å². The molecule has 0 aliphatic carbocycles. The second-order valence-electron chi connectivity index (χ2n) is 6.79. The van der Waals surface area contributed by atoms with E-state index in [1.165, 1.54) is 0 Å². The van der Waals surface area contributed by atoms with Crippen LogP contribution >= 0.6 is 15.9 Å². The van der Waals surface area contributed by atoms with Gasteiger partial charge in [0.1, 0.15) is 12.2 Å². The maximum absolute atomic E-state index is 12.8. The van der Waals surface area contributed by atoms with E-state index in [2.05, 4.69) is 29.8 Å². The van der Waals surface area contributed by atoms with Crippen molar-refractivity contribution in [2.45, 2.75) is 91.8 Å². The summed E-state index contributed by atoms with van der Waals surface area (Å²) in [6.45, 7) is 10.1. The standard InChI is InChI=1S/C22H33BrO4/c1-6-11-16(9-4)26-21(24)18-13-15(8-3)20(23)14-19(18)22(25)27-17(10-5)12-7-2/h13-14,16-17H,6-12H2,1-5H3. The Balaban J connectivity index is 3.20. The number of benzene rings is 1. The summed E-state index contributed by atoms with van der Waals surface area (Å²) in [5, 5.41) is 0. The lowest BCUT2D eigenvalue weighted by atomic mass is 10.0. The minimum atomic E-state index is -0.464. The smallest absolute Gasteiger partial charge is 0.339 e. The second-order valence-corrected chi connectivity index (χ2v) is 7.65. The third-order valence-corrected chi connectivity index (χ3v) is 5.42. The molecule has 27 heavy (non-hydrogen) atoms. The molecule has 1 aromatic rings. The quantitative estimate of drug-likeness (QED) is 0.369. The fourth-order valence-corrected chi connectivity index (χ4v) is 3.62. The number of hydrogen-bond donors (Lipinski definition) is 0. The highest BCUT2D eigenvalue weighted by atomic mass is 79.9. The van der Waals surface area contributed by atoms with Crippen molar-refractivity contribution in [3.8, 4) is 0 Å². The van der Waals surface area contributed by atoms with E-state index in [0.29, 0.717) is 5.56 Å². The number of esters is 2. The highest BCUT2D eigenvalue weighted by Crippen LogP contribution is 2.26. The van der Waals surface area contributed by atoms with E-state index >= 15 is 0 Å². The molecule has 0 aliphatic rings. The van der Waals surface area contributed by atoms with Crippen molar-refractivity contribution < 1.29 is 19.1 Å². The SMILES string of the molecule is CCCC(CC)OC(=O)c1cc(Br)c(CC)cc1C(=O)OC(CC)CCC. The Morgan fingerprint density at radius 2 is 1.30 bits per heavy atom. The average Bonchev–Trinajstić information content (AvgIpc) is 2.66. The highest BCUT2D eigenvalue weighted by molar-refractivity contribution is 9.10. The topological polar surface area (TPSA) is 52.6 Å². The summed E-state index contributed by atoms with van der Waals surface area (Å²) < 4.78 is 12.1. The molecule has 0 aliphatic heterocycles. The maximum atomic E-state index is 12.8. The summed E-state index contributed by atoms with van der Waals surface area (Å²) >= 11 is 3.50. The summed E-state index contributed by atoms with van der Waals surface area (Å²) in [5.41, 5.74) is 1.52. The van der Waals surface area contributed by atoms with Gasteiger partial charge in [0.25, 0.3) is 0 Å². The fraction of sp³-hybridized carbons (Fsp3) is 0.636.